The molecule has 0 rings (SSSR count). The lowest BCUT2D eigenvalue weighted by molar-refractivity contribution is 0.104. The van der Waals surface area contributed by atoms with E-state index in [1.165, 1.54) is 13.8 Å². The van der Waals surface area contributed by atoms with Gasteiger partial charge in [0.2, 0.25) is 0 Å². The van der Waals surface area contributed by atoms with E-state index in [2.05, 4.69) is 0 Å². The zero-order valence-electron chi connectivity index (χ0n) is 11.4. The molecule has 0 aromatic carbocycles. The lowest BCUT2D eigenvalue weighted by atomic mass is 10.3. The summed E-state index contributed by atoms with van der Waals surface area (Å²) in [5.74, 6) is 0. The second-order valence-corrected chi connectivity index (χ2v) is 3.93. The molecule has 102 valence electrons. The monoisotopic (exact) mass is 240 g/mol. The van der Waals surface area contributed by atoms with Crippen LogP contribution in [0, 0.1) is 0 Å². The van der Waals surface area contributed by atoms with Crippen LogP contribution in [0.1, 0.15) is 54.4 Å². The van der Waals surface area contributed by atoms with Crippen molar-refractivity contribution in [2.75, 3.05) is 0 Å². The van der Waals surface area contributed by atoms with Gasteiger partial charge in [0.15, 0.2) is 0 Å². The minimum atomic E-state index is -1.09. The van der Waals surface area contributed by atoms with Crippen LogP contribution in [0.2, 0.25) is 0 Å². The summed E-state index contributed by atoms with van der Waals surface area (Å²) in [7, 11) is 0. The van der Waals surface area contributed by atoms with Gasteiger partial charge in [0, 0.05) is 0 Å². The molecule has 0 aromatic heterocycles. The predicted molar refractivity (Wildman–Crippen MR) is 66.2 cm³/mol. The molecule has 16 heavy (non-hydrogen) atoms. The first kappa shape index (κ1) is 21.1. The number of aliphatic hydroxyl groups is 3. The smallest absolute Gasteiger partial charge is 0.123 e. The fourth-order valence-corrected chi connectivity index (χ4v) is 0. The Hall–Kier alpha value is -0.190. The molecule has 4 atom stereocenters. The van der Waals surface area contributed by atoms with Crippen LogP contribution in [0.3, 0.4) is 0 Å². The third kappa shape index (κ3) is 37.2. The molecule has 0 amide bonds. The molecule has 0 aliphatic rings. The standard InChI is InChI=1S/C4H9FO.2C4H10O/c1-3(5)4(2)6;2*1-3-4(2)5/h3-4,6H,1-2H3;2*4-5H,3H2,1-2H3. The molecule has 3 N–H and O–H groups in total. The molecule has 0 fully saturated rings. The van der Waals surface area contributed by atoms with E-state index in [0.29, 0.717) is 0 Å². The van der Waals surface area contributed by atoms with Crippen molar-refractivity contribution in [1.82, 2.24) is 0 Å². The number of hydrogen-bond donors (Lipinski definition) is 3. The molecule has 0 saturated heterocycles. The van der Waals surface area contributed by atoms with Gasteiger partial charge in [0.1, 0.15) is 6.17 Å². The van der Waals surface area contributed by atoms with Crippen molar-refractivity contribution in [3.8, 4) is 0 Å². The molecule has 4 unspecified atom stereocenters. The highest BCUT2D eigenvalue weighted by molar-refractivity contribution is 4.51. The van der Waals surface area contributed by atoms with Gasteiger partial charge in [-0.25, -0.2) is 4.39 Å². The Bertz CT molecular complexity index is 101. The van der Waals surface area contributed by atoms with E-state index in [1.54, 1.807) is 13.8 Å². The van der Waals surface area contributed by atoms with E-state index in [4.69, 9.17) is 15.3 Å². The first-order chi connectivity index (χ1) is 7.18. The third-order valence-corrected chi connectivity index (χ3v) is 1.85. The number of rotatable bonds is 3. The molecule has 0 heterocycles. The van der Waals surface area contributed by atoms with Crippen LogP contribution >= 0.6 is 0 Å². The lowest BCUT2D eigenvalue weighted by Crippen LogP contribution is -2.12. The van der Waals surface area contributed by atoms with Gasteiger partial charge in [0.05, 0.1) is 18.3 Å². The van der Waals surface area contributed by atoms with E-state index in [-0.39, 0.29) is 12.2 Å². The molecule has 0 aromatic rings. The summed E-state index contributed by atoms with van der Waals surface area (Å²) in [5.41, 5.74) is 0. The topological polar surface area (TPSA) is 60.7 Å². The van der Waals surface area contributed by atoms with Gasteiger partial charge in [-0.2, -0.15) is 0 Å². The van der Waals surface area contributed by atoms with Crippen LogP contribution in [0.4, 0.5) is 4.39 Å². The number of halogens is 1. The maximum atomic E-state index is 11.6. The second-order valence-electron chi connectivity index (χ2n) is 3.93. The quantitative estimate of drug-likeness (QED) is 0.709. The Morgan fingerprint density at radius 3 is 0.938 bits per heavy atom. The Labute approximate surface area is 99.3 Å². The Morgan fingerprint density at radius 1 is 0.812 bits per heavy atom. The molecule has 0 spiro atoms. The van der Waals surface area contributed by atoms with E-state index in [0.717, 1.165) is 12.8 Å². The second kappa shape index (κ2) is 14.8. The normalized spacial score (nSPS) is 16.9. The Balaban J connectivity index is -0.000000160. The van der Waals surface area contributed by atoms with Gasteiger partial charge in [0.25, 0.3) is 0 Å². The van der Waals surface area contributed by atoms with Gasteiger partial charge in [-0.3, -0.25) is 0 Å². The fourth-order valence-electron chi connectivity index (χ4n) is 0. The van der Waals surface area contributed by atoms with Gasteiger partial charge in [-0.1, -0.05) is 13.8 Å². The number of alkyl halides is 1. The molecular formula is C12H29FO3. The van der Waals surface area contributed by atoms with Crippen LogP contribution in [-0.2, 0) is 0 Å². The van der Waals surface area contributed by atoms with E-state index < -0.39 is 12.3 Å². The maximum Gasteiger partial charge on any atom is 0.123 e. The van der Waals surface area contributed by atoms with Crippen LogP contribution in [0.15, 0.2) is 0 Å². The van der Waals surface area contributed by atoms with Crippen LogP contribution < -0.4 is 0 Å². The van der Waals surface area contributed by atoms with Gasteiger partial charge >= 0.3 is 0 Å². The number of aliphatic hydroxyl groups excluding tert-OH is 3. The van der Waals surface area contributed by atoms with Gasteiger partial charge in [-0.15, -0.1) is 0 Å². The minimum Gasteiger partial charge on any atom is -0.393 e. The summed E-state index contributed by atoms with van der Waals surface area (Å²) in [4.78, 5) is 0. The average molecular weight is 240 g/mol. The van der Waals surface area contributed by atoms with Crippen molar-refractivity contribution in [1.29, 1.82) is 0 Å². The van der Waals surface area contributed by atoms with Crippen LogP contribution in [-0.4, -0.2) is 39.8 Å². The molecular weight excluding hydrogens is 211 g/mol. The highest BCUT2D eigenvalue weighted by atomic mass is 19.1. The number of hydrogen-bond acceptors (Lipinski definition) is 3. The summed E-state index contributed by atoms with van der Waals surface area (Å²) < 4.78 is 11.6. The first-order valence-corrected chi connectivity index (χ1v) is 5.87. The zero-order valence-corrected chi connectivity index (χ0v) is 11.4. The molecule has 0 aliphatic heterocycles. The summed E-state index contributed by atoms with van der Waals surface area (Å²) in [6, 6.07) is 0. The molecule has 0 radical (unpaired) electrons. The van der Waals surface area contributed by atoms with Crippen molar-refractivity contribution in [2.45, 2.75) is 78.9 Å². The molecule has 4 heteroatoms. The van der Waals surface area contributed by atoms with Crippen LogP contribution in [0.25, 0.3) is 0 Å². The zero-order chi connectivity index (χ0) is 13.7. The van der Waals surface area contributed by atoms with E-state index in [1.807, 2.05) is 13.8 Å². The molecule has 0 bridgehead atoms. The average Bonchev–Trinajstić information content (AvgIpc) is 2.19. The molecule has 0 aliphatic carbocycles. The van der Waals surface area contributed by atoms with Gasteiger partial charge in [-0.05, 0) is 40.5 Å². The summed E-state index contributed by atoms with van der Waals surface area (Å²) >= 11 is 0. The van der Waals surface area contributed by atoms with Gasteiger partial charge < -0.3 is 15.3 Å². The van der Waals surface area contributed by atoms with Crippen molar-refractivity contribution in [3.63, 3.8) is 0 Å². The first-order valence-electron chi connectivity index (χ1n) is 5.87. The third-order valence-electron chi connectivity index (χ3n) is 1.85. The van der Waals surface area contributed by atoms with Crippen molar-refractivity contribution < 1.29 is 19.7 Å². The minimum absolute atomic E-state index is 0.116. The maximum absolute atomic E-state index is 11.6. The molecule has 0 saturated carbocycles. The van der Waals surface area contributed by atoms with Crippen molar-refractivity contribution >= 4 is 0 Å². The van der Waals surface area contributed by atoms with E-state index in [9.17, 15) is 4.39 Å². The van der Waals surface area contributed by atoms with E-state index >= 15 is 0 Å². The Kier molecular flexibility index (Phi) is 19.6. The lowest BCUT2D eigenvalue weighted by Gasteiger charge is -2.00. The van der Waals surface area contributed by atoms with Crippen molar-refractivity contribution in [2.24, 2.45) is 0 Å². The Morgan fingerprint density at radius 2 is 0.938 bits per heavy atom. The van der Waals surface area contributed by atoms with Crippen molar-refractivity contribution in [3.05, 3.63) is 0 Å². The molecule has 3 nitrogen and oxygen atoms in total. The summed E-state index contributed by atoms with van der Waals surface area (Å²) in [6.07, 6.45) is -0.417. The highest BCUT2D eigenvalue weighted by Crippen LogP contribution is 1.93. The highest BCUT2D eigenvalue weighted by Gasteiger charge is 2.02. The van der Waals surface area contributed by atoms with Crippen LogP contribution in [0.5, 0.6) is 0 Å². The largest absolute Gasteiger partial charge is 0.393 e. The summed E-state index contributed by atoms with van der Waals surface area (Å²) in [5, 5.41) is 25.0. The predicted octanol–water partition coefficient (Wildman–Crippen LogP) is 2.28. The SMILES string of the molecule is CC(O)C(C)F.CCC(C)O.CCC(C)O. The summed E-state index contributed by atoms with van der Waals surface area (Å²) in [6.45, 7) is 10.2. The fraction of sp³-hybridized carbons (Fsp3) is 1.00.